The zero-order valence-corrected chi connectivity index (χ0v) is 50.3. The Hall–Kier alpha value is -7.42. The molecule has 1 aliphatic heterocycles. The first kappa shape index (κ1) is 72.7. The quantitative estimate of drug-likeness (QED) is 0.0213. The zero-order valence-electron chi connectivity index (χ0n) is 50.3. The number of benzene rings is 1. The molecule has 1 aliphatic rings. The van der Waals surface area contributed by atoms with Crippen LogP contribution in [0.2, 0.25) is 0 Å². The van der Waals surface area contributed by atoms with Crippen LogP contribution in [0.5, 0.6) is 0 Å². The van der Waals surface area contributed by atoms with E-state index in [2.05, 4.69) is 49.1 Å². The third kappa shape index (κ3) is 25.2. The van der Waals surface area contributed by atoms with E-state index in [1.165, 1.54) is 14.0 Å². The van der Waals surface area contributed by atoms with Crippen molar-refractivity contribution in [1.29, 1.82) is 0 Å². The number of hydrogen-bond acceptors (Lipinski definition) is 14. The lowest BCUT2D eigenvalue weighted by molar-refractivity contribution is -0.149. The third-order valence-corrected chi connectivity index (χ3v) is 14.4. The second kappa shape index (κ2) is 37.0. The molecule has 10 amide bonds. The van der Waals surface area contributed by atoms with Gasteiger partial charge in [0.1, 0.15) is 54.4 Å². The summed E-state index contributed by atoms with van der Waals surface area (Å²) < 4.78 is 0. The molecule has 11 atom stereocenters. The van der Waals surface area contributed by atoms with Crippen LogP contribution < -0.4 is 54.4 Å². The Kier molecular flexibility index (Phi) is 32.0. The molecule has 0 aromatic heterocycles. The van der Waals surface area contributed by atoms with Crippen molar-refractivity contribution in [2.75, 3.05) is 26.7 Å². The summed E-state index contributed by atoms with van der Waals surface area (Å²) in [6.07, 6.45) is 2.61. The number of likely N-dealkylation sites (N-methyl/N-ethyl adjacent to an activating group) is 1. The predicted octanol–water partition coefficient (Wildman–Crippen LogP) is -1.06. The lowest BCUT2D eigenvalue weighted by atomic mass is 9.97. The highest BCUT2D eigenvalue weighted by molar-refractivity contribution is 5.99. The third-order valence-electron chi connectivity index (χ3n) is 14.4. The van der Waals surface area contributed by atoms with Gasteiger partial charge in [-0.05, 0) is 62.3 Å². The van der Waals surface area contributed by atoms with Crippen molar-refractivity contribution in [3.63, 3.8) is 0 Å². The van der Waals surface area contributed by atoms with Gasteiger partial charge in [0.05, 0.1) is 19.1 Å². The van der Waals surface area contributed by atoms with Crippen LogP contribution in [0.1, 0.15) is 144 Å². The summed E-state index contributed by atoms with van der Waals surface area (Å²) in [5.41, 5.74) is 17.1. The summed E-state index contributed by atoms with van der Waals surface area (Å²) in [6.45, 7) is 12.7. The van der Waals surface area contributed by atoms with Gasteiger partial charge in [-0.3, -0.25) is 57.7 Å². The Labute approximate surface area is 492 Å². The van der Waals surface area contributed by atoms with Gasteiger partial charge in [0, 0.05) is 39.4 Å². The minimum atomic E-state index is -1.83. The second-order valence-corrected chi connectivity index (χ2v) is 22.6. The number of nitrogens with one attached hydrogen (secondary N) is 7. The molecule has 1 fully saturated rings. The minimum absolute atomic E-state index is 0.0250. The number of hydrogen-bond donors (Lipinski definition) is 13. The van der Waals surface area contributed by atoms with Gasteiger partial charge < -0.3 is 79.5 Å². The SMILES string of the molecule is CCCCCCCC(=O)N[C@H](C)C(=O)N[C@@H](Cc1ccccc1)C(=O)N[C@H](CO)C(=O)N[C@@H](CC(C)C)C(=O)N1C[C@H](O)C[C@H]1C(=O)N(C)[C@@H](CC(C)C)C(=O)N[C@@H](CC(=O)O)C(=O)N[C@@H](CCCN=C(N)N)C(=O)N[C@H](C(N)=O)[C@@H](C)CC. The lowest BCUT2D eigenvalue weighted by Crippen LogP contribution is -2.61. The average molecular weight is 1190 g/mol. The van der Waals surface area contributed by atoms with Crippen molar-refractivity contribution < 1.29 is 68.1 Å². The highest BCUT2D eigenvalue weighted by atomic mass is 16.4. The monoisotopic (exact) mass is 1190 g/mol. The summed E-state index contributed by atoms with van der Waals surface area (Å²) in [4.78, 5) is 156. The number of rotatable bonds is 38. The molecule has 472 valence electrons. The van der Waals surface area contributed by atoms with Crippen molar-refractivity contribution in [2.45, 2.75) is 206 Å². The van der Waals surface area contributed by atoms with Crippen LogP contribution in [0.3, 0.4) is 0 Å². The molecule has 1 saturated heterocycles. The number of carboxylic acids is 1. The summed E-state index contributed by atoms with van der Waals surface area (Å²) in [5.74, 6) is -11.0. The highest BCUT2D eigenvalue weighted by Crippen LogP contribution is 2.25. The van der Waals surface area contributed by atoms with Gasteiger partial charge in [0.2, 0.25) is 59.1 Å². The molecule has 2 rings (SSSR count). The van der Waals surface area contributed by atoms with E-state index in [4.69, 9.17) is 17.2 Å². The number of nitrogens with two attached hydrogens (primary N) is 3. The fourth-order valence-electron chi connectivity index (χ4n) is 9.50. The predicted molar refractivity (Wildman–Crippen MR) is 312 cm³/mol. The van der Waals surface area contributed by atoms with Crippen LogP contribution in [0, 0.1) is 17.8 Å². The standard InChI is InChI=1S/C57H95N13O14/c1-10-12-13-14-18-23-45(73)62-35(8)49(77)64-39(27-36-20-16-15-17-21-36)51(79)67-42(31-71)53(81)66-41(25-32(3)4)55(83)70-30-37(72)28-44(70)56(84)69(9)43(26-33(5)6)54(82)65-40(29-46(74)75)52(80)63-38(22-19-24-61-57(59)60)50(78)68-47(48(58)76)34(7)11-2/h15-17,20-21,32-35,37-44,47,71-72H,10-14,18-19,22-31H2,1-9H3,(H2,58,76)(H,62,73)(H,63,80)(H,64,77)(H,65,82)(H,66,81)(H,67,79)(H,68,78)(H,74,75)(H4,59,60,61)/t34-,35+,37+,38-,39-,40-,41-,42+,43-,44-,47-/m0/s1. The first-order valence-electron chi connectivity index (χ1n) is 29.1. The fourth-order valence-corrected chi connectivity index (χ4v) is 9.50. The molecule has 0 bridgehead atoms. The maximum atomic E-state index is 14.7. The summed E-state index contributed by atoms with van der Waals surface area (Å²) in [7, 11) is 1.26. The molecule has 1 heterocycles. The molecule has 1 aromatic carbocycles. The molecule has 1 aromatic rings. The molecule has 84 heavy (non-hydrogen) atoms. The number of amides is 10. The molecule has 0 spiro atoms. The number of guanidine groups is 1. The van der Waals surface area contributed by atoms with Gasteiger partial charge in [-0.15, -0.1) is 0 Å². The molecule has 0 unspecified atom stereocenters. The molecular weight excluding hydrogens is 1090 g/mol. The molecular formula is C57H95N13O14. The van der Waals surface area contributed by atoms with Crippen molar-refractivity contribution in [3.05, 3.63) is 35.9 Å². The number of carboxylic acid groups (broad SMARTS) is 1. The normalized spacial score (nSPS) is 17.1. The molecule has 16 N–H and O–H groups in total. The van der Waals surface area contributed by atoms with Gasteiger partial charge in [0.25, 0.3) is 0 Å². The van der Waals surface area contributed by atoms with E-state index in [0.29, 0.717) is 18.4 Å². The number of carbonyl (C=O) groups is 11. The number of aliphatic carboxylic acids is 1. The number of likely N-dealkylation sites (tertiary alicyclic amines) is 1. The largest absolute Gasteiger partial charge is 0.481 e. The van der Waals surface area contributed by atoms with E-state index in [-0.39, 0.29) is 81.7 Å². The summed E-state index contributed by atoms with van der Waals surface area (Å²) in [5, 5.41) is 49.3. The second-order valence-electron chi connectivity index (χ2n) is 22.6. The number of aliphatic imine (C=N–C) groups is 1. The van der Waals surface area contributed by atoms with E-state index in [0.717, 1.165) is 35.5 Å². The van der Waals surface area contributed by atoms with E-state index < -0.39 is 139 Å². The average Bonchev–Trinajstić information content (AvgIpc) is 3.26. The van der Waals surface area contributed by atoms with E-state index >= 15 is 0 Å². The molecule has 0 aliphatic carbocycles. The van der Waals surface area contributed by atoms with Gasteiger partial charge in [-0.25, -0.2) is 0 Å². The van der Waals surface area contributed by atoms with Crippen LogP contribution in [0.25, 0.3) is 0 Å². The van der Waals surface area contributed by atoms with Crippen LogP contribution in [-0.4, -0.2) is 183 Å². The summed E-state index contributed by atoms with van der Waals surface area (Å²) >= 11 is 0. The van der Waals surface area contributed by atoms with Gasteiger partial charge in [-0.1, -0.05) is 111 Å². The van der Waals surface area contributed by atoms with Gasteiger partial charge >= 0.3 is 5.97 Å². The van der Waals surface area contributed by atoms with Crippen LogP contribution in [-0.2, 0) is 59.2 Å². The number of aliphatic hydroxyl groups excluding tert-OH is 2. The van der Waals surface area contributed by atoms with Crippen molar-refractivity contribution in [1.82, 2.24) is 47.0 Å². The number of β-amino-alcohol motifs (C(OH)–C–C–N with tert-alkyl or cyclic N) is 1. The summed E-state index contributed by atoms with van der Waals surface area (Å²) in [6, 6.07) is -3.94. The maximum absolute atomic E-state index is 14.7. The van der Waals surface area contributed by atoms with E-state index in [1.807, 2.05) is 0 Å². The molecule has 0 saturated carbocycles. The van der Waals surface area contributed by atoms with E-state index in [1.54, 1.807) is 71.9 Å². The molecule has 27 heteroatoms. The zero-order chi connectivity index (χ0) is 63.4. The van der Waals surface area contributed by atoms with Crippen molar-refractivity contribution >= 4 is 71.0 Å². The number of aliphatic hydroxyl groups is 2. The first-order valence-corrected chi connectivity index (χ1v) is 29.1. The van der Waals surface area contributed by atoms with Crippen molar-refractivity contribution in [3.8, 4) is 0 Å². The van der Waals surface area contributed by atoms with Gasteiger partial charge in [0.15, 0.2) is 5.96 Å². The fraction of sp³-hybridized carbons (Fsp3) is 0.684. The van der Waals surface area contributed by atoms with Crippen LogP contribution in [0.4, 0.5) is 0 Å². The minimum Gasteiger partial charge on any atom is -0.481 e. The maximum Gasteiger partial charge on any atom is 0.305 e. The van der Waals surface area contributed by atoms with Crippen LogP contribution >= 0.6 is 0 Å². The highest BCUT2D eigenvalue weighted by Gasteiger charge is 2.45. The Morgan fingerprint density at radius 2 is 1.24 bits per heavy atom. The number of unbranched alkanes of at least 4 members (excludes halogenated alkanes) is 4. The van der Waals surface area contributed by atoms with E-state index in [9.17, 15) is 68.1 Å². The number of carbonyl (C=O) groups excluding carboxylic acids is 10. The Morgan fingerprint density at radius 1 is 0.679 bits per heavy atom. The number of nitrogens with zero attached hydrogens (tertiary/aromatic N) is 3. The number of primary amides is 1. The van der Waals surface area contributed by atoms with Gasteiger partial charge in [-0.2, -0.15) is 0 Å². The Morgan fingerprint density at radius 3 is 1.81 bits per heavy atom. The Bertz CT molecular complexity index is 2390. The molecule has 27 nitrogen and oxygen atoms in total. The van der Waals surface area contributed by atoms with Crippen LogP contribution in [0.15, 0.2) is 35.3 Å². The Balaban J connectivity index is 2.41. The topological polar surface area (TPSA) is 430 Å². The molecule has 0 radical (unpaired) electrons. The smallest absolute Gasteiger partial charge is 0.305 e. The first-order chi connectivity index (χ1) is 39.5. The van der Waals surface area contributed by atoms with Crippen molar-refractivity contribution in [2.24, 2.45) is 39.9 Å². The lowest BCUT2D eigenvalue weighted by Gasteiger charge is -2.35.